The van der Waals surface area contributed by atoms with Crippen LogP contribution in [0.4, 0.5) is 0 Å². The van der Waals surface area contributed by atoms with E-state index in [1.807, 2.05) is 0 Å². The highest BCUT2D eigenvalue weighted by molar-refractivity contribution is 7.89. The molecule has 1 aliphatic rings. The number of carboxylic acids is 1. The van der Waals surface area contributed by atoms with Gasteiger partial charge < -0.3 is 14.9 Å². The van der Waals surface area contributed by atoms with Gasteiger partial charge in [0, 0.05) is 40.2 Å². The van der Waals surface area contributed by atoms with E-state index in [0.29, 0.717) is 0 Å². The number of benzene rings is 1. The van der Waals surface area contributed by atoms with E-state index in [0.717, 1.165) is 0 Å². The molecule has 2 amide bonds. The van der Waals surface area contributed by atoms with Crippen LogP contribution in [0.15, 0.2) is 29.2 Å². The fraction of sp³-hybridized carbons (Fsp3) is 0.438. The summed E-state index contributed by atoms with van der Waals surface area (Å²) < 4.78 is 26.5. The molecule has 1 aliphatic heterocycles. The summed E-state index contributed by atoms with van der Waals surface area (Å²) in [6.45, 7) is 2.07. The number of sulfonamides is 1. The number of carbonyl (C=O) groups is 3. The van der Waals surface area contributed by atoms with Crippen LogP contribution in [0.1, 0.15) is 17.3 Å². The Morgan fingerprint density at radius 1 is 1.08 bits per heavy atom. The maximum Gasteiger partial charge on any atom is 0.335 e. The number of carboxylic acid groups (broad SMARTS) is 1. The number of rotatable bonds is 5. The molecule has 1 saturated heterocycles. The van der Waals surface area contributed by atoms with Crippen molar-refractivity contribution in [3.05, 3.63) is 29.8 Å². The van der Waals surface area contributed by atoms with E-state index < -0.39 is 16.0 Å². The zero-order valence-corrected chi connectivity index (χ0v) is 15.4. The Hall–Kier alpha value is -2.46. The minimum atomic E-state index is -3.75. The van der Waals surface area contributed by atoms with Crippen LogP contribution in [0.2, 0.25) is 0 Å². The molecule has 0 radical (unpaired) electrons. The van der Waals surface area contributed by atoms with Crippen molar-refractivity contribution in [2.24, 2.45) is 0 Å². The number of piperazine rings is 1. The highest BCUT2D eigenvalue weighted by atomic mass is 32.2. The van der Waals surface area contributed by atoms with E-state index >= 15 is 0 Å². The van der Waals surface area contributed by atoms with Crippen molar-refractivity contribution in [1.82, 2.24) is 14.1 Å². The Labute approximate surface area is 151 Å². The summed E-state index contributed by atoms with van der Waals surface area (Å²) in [4.78, 5) is 37.0. The van der Waals surface area contributed by atoms with Crippen molar-refractivity contribution in [3.63, 3.8) is 0 Å². The van der Waals surface area contributed by atoms with Gasteiger partial charge in [-0.15, -0.1) is 0 Å². The molecule has 0 spiro atoms. The van der Waals surface area contributed by atoms with Crippen LogP contribution < -0.4 is 0 Å². The van der Waals surface area contributed by atoms with Crippen molar-refractivity contribution >= 4 is 27.8 Å². The van der Waals surface area contributed by atoms with Crippen molar-refractivity contribution in [3.8, 4) is 0 Å². The standard InChI is InChI=1S/C16H21N3O6S/c1-12(20)17(2)11-15(21)18-7-9-19(10-8-18)26(24,25)14-5-3-13(4-6-14)16(22)23/h3-6H,7-11H2,1-2H3,(H,22,23). The summed E-state index contributed by atoms with van der Waals surface area (Å²) >= 11 is 0. The molecule has 0 unspecified atom stereocenters. The summed E-state index contributed by atoms with van der Waals surface area (Å²) in [6, 6.07) is 5.01. The maximum absolute atomic E-state index is 12.6. The Morgan fingerprint density at radius 2 is 1.62 bits per heavy atom. The molecule has 2 rings (SSSR count). The molecule has 1 heterocycles. The monoisotopic (exact) mass is 383 g/mol. The van der Waals surface area contributed by atoms with E-state index in [1.54, 1.807) is 0 Å². The van der Waals surface area contributed by atoms with Crippen LogP contribution in [0.3, 0.4) is 0 Å². The number of likely N-dealkylation sites (N-methyl/N-ethyl adjacent to an activating group) is 1. The number of hydrogen-bond donors (Lipinski definition) is 1. The van der Waals surface area contributed by atoms with Crippen LogP contribution >= 0.6 is 0 Å². The van der Waals surface area contributed by atoms with Gasteiger partial charge in [-0.25, -0.2) is 13.2 Å². The van der Waals surface area contributed by atoms with Gasteiger partial charge in [0.25, 0.3) is 0 Å². The van der Waals surface area contributed by atoms with Gasteiger partial charge in [-0.3, -0.25) is 9.59 Å². The Morgan fingerprint density at radius 3 is 2.08 bits per heavy atom. The lowest BCUT2D eigenvalue weighted by molar-refractivity contribution is -0.139. The third-order valence-corrected chi connectivity index (χ3v) is 6.15. The average Bonchev–Trinajstić information content (AvgIpc) is 2.61. The van der Waals surface area contributed by atoms with Gasteiger partial charge in [0.15, 0.2) is 0 Å². The largest absolute Gasteiger partial charge is 0.478 e. The quantitative estimate of drug-likeness (QED) is 0.746. The predicted molar refractivity (Wildman–Crippen MR) is 92.1 cm³/mol. The highest BCUT2D eigenvalue weighted by Crippen LogP contribution is 2.18. The molecule has 26 heavy (non-hydrogen) atoms. The van der Waals surface area contributed by atoms with E-state index in [9.17, 15) is 22.8 Å². The molecule has 9 nitrogen and oxygen atoms in total. The number of carbonyl (C=O) groups excluding carboxylic acids is 2. The molecule has 1 N–H and O–H groups in total. The SMILES string of the molecule is CC(=O)N(C)CC(=O)N1CCN(S(=O)(=O)c2ccc(C(=O)O)cc2)CC1. The number of aromatic carboxylic acids is 1. The fourth-order valence-electron chi connectivity index (χ4n) is 2.51. The van der Waals surface area contributed by atoms with Gasteiger partial charge in [0.05, 0.1) is 17.0 Å². The van der Waals surface area contributed by atoms with Crippen LogP contribution in [0, 0.1) is 0 Å². The first-order valence-corrected chi connectivity index (χ1v) is 9.40. The summed E-state index contributed by atoms with van der Waals surface area (Å²) in [7, 11) is -2.22. The lowest BCUT2D eigenvalue weighted by Crippen LogP contribution is -2.52. The number of amides is 2. The molecular weight excluding hydrogens is 362 g/mol. The van der Waals surface area contributed by atoms with Crippen molar-refractivity contribution in [1.29, 1.82) is 0 Å². The van der Waals surface area contributed by atoms with Gasteiger partial charge in [0.2, 0.25) is 21.8 Å². The lowest BCUT2D eigenvalue weighted by atomic mass is 10.2. The topological polar surface area (TPSA) is 115 Å². The molecule has 10 heteroatoms. The number of nitrogens with zero attached hydrogens (tertiary/aromatic N) is 3. The third kappa shape index (κ3) is 4.38. The van der Waals surface area contributed by atoms with Crippen molar-refractivity contribution in [2.75, 3.05) is 39.8 Å². The Kier molecular flexibility index (Phi) is 5.98. The second kappa shape index (κ2) is 7.83. The molecule has 0 atom stereocenters. The van der Waals surface area contributed by atoms with Gasteiger partial charge >= 0.3 is 5.97 Å². The van der Waals surface area contributed by atoms with Crippen LogP contribution in [-0.4, -0.2) is 85.2 Å². The van der Waals surface area contributed by atoms with Gasteiger partial charge in [-0.1, -0.05) is 0 Å². The molecule has 0 saturated carbocycles. The molecule has 0 aliphatic carbocycles. The smallest absolute Gasteiger partial charge is 0.335 e. The molecule has 0 bridgehead atoms. The van der Waals surface area contributed by atoms with E-state index in [2.05, 4.69) is 0 Å². The zero-order valence-electron chi connectivity index (χ0n) is 14.6. The van der Waals surface area contributed by atoms with Crippen LogP contribution in [-0.2, 0) is 19.6 Å². The maximum atomic E-state index is 12.6. The molecular formula is C16H21N3O6S. The molecule has 1 aromatic carbocycles. The second-order valence-electron chi connectivity index (χ2n) is 5.99. The summed E-state index contributed by atoms with van der Waals surface area (Å²) in [5.41, 5.74) is 0.00829. The normalized spacial score (nSPS) is 15.5. The summed E-state index contributed by atoms with van der Waals surface area (Å²) in [5.74, 6) is -1.58. The van der Waals surface area contributed by atoms with Crippen molar-refractivity contribution in [2.45, 2.75) is 11.8 Å². The first-order chi connectivity index (χ1) is 12.1. The van der Waals surface area contributed by atoms with Crippen molar-refractivity contribution < 1.29 is 27.9 Å². The Balaban J connectivity index is 2.01. The average molecular weight is 383 g/mol. The minimum Gasteiger partial charge on any atom is -0.478 e. The first-order valence-electron chi connectivity index (χ1n) is 7.96. The zero-order chi connectivity index (χ0) is 19.5. The summed E-state index contributed by atoms with van der Waals surface area (Å²) in [6.07, 6.45) is 0. The summed E-state index contributed by atoms with van der Waals surface area (Å²) in [5, 5.41) is 8.88. The Bertz CT molecular complexity index is 798. The van der Waals surface area contributed by atoms with Crippen LogP contribution in [0.5, 0.6) is 0 Å². The van der Waals surface area contributed by atoms with Gasteiger partial charge in [-0.2, -0.15) is 4.31 Å². The number of hydrogen-bond acceptors (Lipinski definition) is 5. The fourth-order valence-corrected chi connectivity index (χ4v) is 3.93. The molecule has 1 fully saturated rings. The molecule has 0 aromatic heterocycles. The van der Waals surface area contributed by atoms with Crippen LogP contribution in [0.25, 0.3) is 0 Å². The van der Waals surface area contributed by atoms with E-state index in [-0.39, 0.29) is 55.0 Å². The highest BCUT2D eigenvalue weighted by Gasteiger charge is 2.30. The predicted octanol–water partition coefficient (Wildman–Crippen LogP) is -0.304. The van der Waals surface area contributed by atoms with Gasteiger partial charge in [-0.05, 0) is 24.3 Å². The molecule has 142 valence electrons. The molecule has 1 aromatic rings. The van der Waals surface area contributed by atoms with E-state index in [1.165, 1.54) is 52.3 Å². The van der Waals surface area contributed by atoms with E-state index in [4.69, 9.17) is 5.11 Å². The third-order valence-electron chi connectivity index (χ3n) is 4.24. The second-order valence-corrected chi connectivity index (χ2v) is 7.93. The van der Waals surface area contributed by atoms with Gasteiger partial charge in [0.1, 0.15) is 0 Å². The lowest BCUT2D eigenvalue weighted by Gasteiger charge is -2.34. The first kappa shape index (κ1) is 19.9. The minimum absolute atomic E-state index is 0.00829.